The molecule has 0 fully saturated rings. The molecule has 0 saturated heterocycles. The van der Waals surface area contributed by atoms with E-state index in [0.29, 0.717) is 0 Å². The minimum Gasteiger partial charge on any atom is -0.445 e. The summed E-state index contributed by atoms with van der Waals surface area (Å²) >= 11 is 0. The summed E-state index contributed by atoms with van der Waals surface area (Å²) in [7, 11) is 0. The van der Waals surface area contributed by atoms with Gasteiger partial charge in [0.05, 0.1) is 5.69 Å². The van der Waals surface area contributed by atoms with Crippen LogP contribution in [0.1, 0.15) is 30.3 Å². The molecule has 0 bridgehead atoms. The zero-order valence-corrected chi connectivity index (χ0v) is 18.7. The van der Waals surface area contributed by atoms with Crippen LogP contribution in [0.5, 0.6) is 0 Å². The van der Waals surface area contributed by atoms with E-state index in [1.807, 2.05) is 0 Å². The van der Waals surface area contributed by atoms with Crippen molar-refractivity contribution in [3.05, 3.63) is 77.6 Å². The van der Waals surface area contributed by atoms with Crippen molar-refractivity contribution in [1.29, 1.82) is 0 Å². The van der Waals surface area contributed by atoms with Crippen LogP contribution in [0.25, 0.3) is 5.69 Å². The number of hydrogen-bond acceptors (Lipinski definition) is 4. The van der Waals surface area contributed by atoms with E-state index in [2.05, 4.69) is 15.7 Å². The molecule has 0 radical (unpaired) electrons. The summed E-state index contributed by atoms with van der Waals surface area (Å²) in [4.78, 5) is 24.6. The van der Waals surface area contributed by atoms with Crippen molar-refractivity contribution in [3.63, 3.8) is 0 Å². The van der Waals surface area contributed by atoms with Crippen molar-refractivity contribution in [1.82, 2.24) is 15.1 Å². The highest BCUT2D eigenvalue weighted by Gasteiger charge is 2.42. The smallest absolute Gasteiger partial charge is 0.435 e. The van der Waals surface area contributed by atoms with Crippen LogP contribution < -0.4 is 10.6 Å². The van der Waals surface area contributed by atoms with Crippen molar-refractivity contribution in [2.24, 2.45) is 0 Å². The normalized spacial score (nSPS) is 12.6. The summed E-state index contributed by atoms with van der Waals surface area (Å²) < 4.78 is 83.6. The Bertz CT molecular complexity index is 1190. The number of hydrogen-bond donors (Lipinski definition) is 2. The summed E-state index contributed by atoms with van der Waals surface area (Å²) in [5.41, 5.74) is -2.71. The predicted octanol–water partition coefficient (Wildman–Crippen LogP) is 5.55. The number of carbonyl (C=O) groups excluding carboxylic acids is 2. The fraction of sp³-hybridized carbons (Fsp3) is 0.261. The molecular formula is C23H20F6N4O3. The fourth-order valence-electron chi connectivity index (χ4n) is 3.09. The van der Waals surface area contributed by atoms with Crippen molar-refractivity contribution < 1.29 is 40.7 Å². The van der Waals surface area contributed by atoms with Crippen LogP contribution in [0.4, 0.5) is 36.8 Å². The van der Waals surface area contributed by atoms with Gasteiger partial charge in [-0.1, -0.05) is 37.3 Å². The van der Waals surface area contributed by atoms with Gasteiger partial charge in [0.15, 0.2) is 5.69 Å². The van der Waals surface area contributed by atoms with E-state index < -0.39 is 41.8 Å². The van der Waals surface area contributed by atoms with E-state index in [0.717, 1.165) is 17.7 Å². The lowest BCUT2D eigenvalue weighted by Crippen LogP contribution is -2.43. The third-order valence-corrected chi connectivity index (χ3v) is 4.90. The van der Waals surface area contributed by atoms with Crippen molar-refractivity contribution in [2.75, 3.05) is 5.32 Å². The number of rotatable bonds is 7. The van der Waals surface area contributed by atoms with Crippen LogP contribution >= 0.6 is 0 Å². The lowest BCUT2D eigenvalue weighted by molar-refractivity contribution is -0.143. The van der Waals surface area contributed by atoms with Gasteiger partial charge in [-0.25, -0.2) is 9.48 Å². The van der Waals surface area contributed by atoms with Gasteiger partial charge in [0, 0.05) is 11.8 Å². The van der Waals surface area contributed by atoms with Gasteiger partial charge in [-0.3, -0.25) is 4.79 Å². The zero-order chi connectivity index (χ0) is 26.5. The van der Waals surface area contributed by atoms with Crippen LogP contribution in [0, 0.1) is 0 Å². The number of alkyl carbamates (subject to hydrolysis) is 1. The molecule has 192 valence electrons. The highest BCUT2D eigenvalue weighted by Crippen LogP contribution is 2.36. The monoisotopic (exact) mass is 514 g/mol. The molecule has 7 nitrogen and oxygen atoms in total. The molecule has 0 saturated carbocycles. The highest BCUT2D eigenvalue weighted by molar-refractivity contribution is 5.96. The molecule has 1 aromatic heterocycles. The molecule has 2 aromatic carbocycles. The second-order valence-corrected chi connectivity index (χ2v) is 7.53. The van der Waals surface area contributed by atoms with Gasteiger partial charge < -0.3 is 15.4 Å². The van der Waals surface area contributed by atoms with Crippen molar-refractivity contribution >= 4 is 17.7 Å². The second-order valence-electron chi connectivity index (χ2n) is 7.53. The molecule has 0 aliphatic heterocycles. The van der Waals surface area contributed by atoms with Crippen LogP contribution in [-0.2, 0) is 28.5 Å². The van der Waals surface area contributed by atoms with E-state index in [9.17, 15) is 35.9 Å². The summed E-state index contributed by atoms with van der Waals surface area (Å²) in [5, 5.41) is 7.95. The molecule has 0 aliphatic carbocycles. The Kier molecular flexibility index (Phi) is 7.90. The average molecular weight is 514 g/mol. The molecule has 36 heavy (non-hydrogen) atoms. The van der Waals surface area contributed by atoms with Crippen LogP contribution in [0.15, 0.2) is 60.7 Å². The van der Waals surface area contributed by atoms with Crippen LogP contribution in [0.3, 0.4) is 0 Å². The Labute approximate surface area is 201 Å². The minimum atomic E-state index is -5.08. The summed E-state index contributed by atoms with van der Waals surface area (Å²) in [6, 6.07) is 12.3. The number of amides is 2. The first kappa shape index (κ1) is 26.6. The number of carbonyl (C=O) groups is 2. The third kappa shape index (κ3) is 6.77. The summed E-state index contributed by atoms with van der Waals surface area (Å²) in [6.45, 7) is 1.63. The largest absolute Gasteiger partial charge is 0.445 e. The molecule has 13 heteroatoms. The standard InChI is InChI=1S/C23H20F6N4O3/c1-2-17(31-21(35)36-13-14-6-4-3-5-7-14)20(34)30-15-8-10-16(11-9-15)33-19(23(27,28)29)12-18(32-33)22(24,25)26/h3-12,17H,2,13H2,1H3,(H,30,34)(H,31,35)/t17-/m1/s1. The number of anilines is 1. The fourth-order valence-corrected chi connectivity index (χ4v) is 3.09. The number of alkyl halides is 6. The quantitative estimate of drug-likeness (QED) is 0.405. The van der Waals surface area contributed by atoms with E-state index >= 15 is 0 Å². The van der Waals surface area contributed by atoms with Crippen molar-refractivity contribution in [2.45, 2.75) is 38.3 Å². The Morgan fingerprint density at radius 2 is 1.61 bits per heavy atom. The maximum atomic E-state index is 13.2. The maximum absolute atomic E-state index is 13.2. The van der Waals surface area contributed by atoms with Gasteiger partial charge in [0.25, 0.3) is 0 Å². The number of nitrogens with zero attached hydrogens (tertiary/aromatic N) is 2. The van der Waals surface area contributed by atoms with Gasteiger partial charge >= 0.3 is 18.4 Å². The summed E-state index contributed by atoms with van der Waals surface area (Å²) in [6.07, 6.45) is -10.8. The molecule has 2 amide bonds. The summed E-state index contributed by atoms with van der Waals surface area (Å²) in [5.74, 6) is -0.628. The van der Waals surface area contributed by atoms with Crippen molar-refractivity contribution in [3.8, 4) is 5.69 Å². The number of ether oxygens (including phenoxy) is 1. The van der Waals surface area contributed by atoms with Crippen LogP contribution in [-0.4, -0.2) is 27.8 Å². The first-order valence-electron chi connectivity index (χ1n) is 10.5. The lowest BCUT2D eigenvalue weighted by Gasteiger charge is -2.17. The van der Waals surface area contributed by atoms with Gasteiger partial charge in [-0.2, -0.15) is 31.4 Å². The molecule has 0 spiro atoms. The molecule has 0 aliphatic rings. The van der Waals surface area contributed by atoms with E-state index in [1.54, 1.807) is 37.3 Å². The SMILES string of the molecule is CC[C@@H](NC(=O)OCc1ccccc1)C(=O)Nc1ccc(-n2nc(C(F)(F)F)cc2C(F)(F)F)cc1. The zero-order valence-electron chi connectivity index (χ0n) is 18.7. The average Bonchev–Trinajstić information content (AvgIpc) is 3.29. The van der Waals surface area contributed by atoms with Gasteiger partial charge in [-0.05, 0) is 36.2 Å². The van der Waals surface area contributed by atoms with E-state index in [-0.39, 0.29) is 35.2 Å². The number of benzene rings is 2. The topological polar surface area (TPSA) is 85.2 Å². The molecule has 2 N–H and O–H groups in total. The molecule has 3 aromatic rings. The molecule has 3 rings (SSSR count). The first-order chi connectivity index (χ1) is 16.9. The highest BCUT2D eigenvalue weighted by atomic mass is 19.4. The number of halogens is 6. The Morgan fingerprint density at radius 1 is 0.972 bits per heavy atom. The number of nitrogens with one attached hydrogen (secondary N) is 2. The maximum Gasteiger partial charge on any atom is 0.435 e. The van der Waals surface area contributed by atoms with Gasteiger partial charge in [0.2, 0.25) is 5.91 Å². The van der Waals surface area contributed by atoms with E-state index in [1.165, 1.54) is 12.1 Å². The second kappa shape index (κ2) is 10.7. The Morgan fingerprint density at radius 3 is 2.17 bits per heavy atom. The van der Waals surface area contributed by atoms with Gasteiger partial charge in [-0.15, -0.1) is 0 Å². The Hall–Kier alpha value is -4.03. The van der Waals surface area contributed by atoms with Crippen LogP contribution in [0.2, 0.25) is 0 Å². The minimum absolute atomic E-state index is 0.00438. The van der Waals surface area contributed by atoms with Gasteiger partial charge in [0.1, 0.15) is 18.3 Å². The molecule has 1 heterocycles. The predicted molar refractivity (Wildman–Crippen MR) is 116 cm³/mol. The first-order valence-corrected chi connectivity index (χ1v) is 10.5. The molecule has 0 unspecified atom stereocenters. The Balaban J connectivity index is 1.67. The molecule has 1 atom stereocenters. The lowest BCUT2D eigenvalue weighted by atomic mass is 10.2. The molecular weight excluding hydrogens is 494 g/mol. The third-order valence-electron chi connectivity index (χ3n) is 4.90. The number of aromatic nitrogens is 2. The van der Waals surface area contributed by atoms with E-state index in [4.69, 9.17) is 4.74 Å².